The molecule has 6 nitrogen and oxygen atoms in total. The van der Waals surface area contributed by atoms with Gasteiger partial charge in [0.05, 0.1) is 0 Å². The van der Waals surface area contributed by atoms with Gasteiger partial charge in [-0.25, -0.2) is 0 Å². The Morgan fingerprint density at radius 1 is 0.929 bits per heavy atom. The molecule has 0 atom stereocenters. The van der Waals surface area contributed by atoms with Crippen molar-refractivity contribution < 1.29 is 9.59 Å². The van der Waals surface area contributed by atoms with Crippen LogP contribution in [0, 0.1) is 5.92 Å². The van der Waals surface area contributed by atoms with Crippen LogP contribution in [0.3, 0.4) is 0 Å². The van der Waals surface area contributed by atoms with Crippen molar-refractivity contribution in [3.05, 3.63) is 78.9 Å². The first-order valence-electron chi connectivity index (χ1n) is 9.44. The zero-order valence-corrected chi connectivity index (χ0v) is 15.5. The summed E-state index contributed by atoms with van der Waals surface area (Å²) < 4.78 is 2.00. The third-order valence-corrected chi connectivity index (χ3v) is 5.12. The Labute approximate surface area is 163 Å². The predicted octanol–water partition coefficient (Wildman–Crippen LogP) is 3.36. The lowest BCUT2D eigenvalue weighted by Crippen LogP contribution is -2.41. The summed E-state index contributed by atoms with van der Waals surface area (Å²) in [7, 11) is 0. The molecule has 0 radical (unpaired) electrons. The summed E-state index contributed by atoms with van der Waals surface area (Å²) in [5, 5.41) is 2.92. The van der Waals surface area contributed by atoms with E-state index in [-0.39, 0.29) is 17.7 Å². The molecule has 1 aromatic carbocycles. The minimum Gasteiger partial charge on any atom is -0.339 e. The van der Waals surface area contributed by atoms with Gasteiger partial charge in [0.15, 0.2) is 0 Å². The number of nitrogens with zero attached hydrogens (tertiary/aromatic N) is 3. The van der Waals surface area contributed by atoms with E-state index in [1.165, 1.54) is 0 Å². The Bertz CT molecular complexity index is 928. The number of carbonyl (C=O) groups is 2. The van der Waals surface area contributed by atoms with Crippen molar-refractivity contribution in [1.29, 1.82) is 0 Å². The fourth-order valence-corrected chi connectivity index (χ4v) is 3.49. The van der Waals surface area contributed by atoms with E-state index in [4.69, 9.17) is 0 Å². The number of nitrogens with one attached hydrogen (secondary N) is 1. The molecular weight excluding hydrogens is 352 g/mol. The summed E-state index contributed by atoms with van der Waals surface area (Å²) in [4.78, 5) is 31.0. The molecule has 6 heteroatoms. The highest BCUT2D eigenvalue weighted by Gasteiger charge is 2.27. The third-order valence-electron chi connectivity index (χ3n) is 5.12. The number of anilines is 1. The maximum absolute atomic E-state index is 12.8. The number of piperidine rings is 1. The van der Waals surface area contributed by atoms with Crippen molar-refractivity contribution in [2.24, 2.45) is 5.92 Å². The van der Waals surface area contributed by atoms with Gasteiger partial charge in [-0.1, -0.05) is 0 Å². The van der Waals surface area contributed by atoms with E-state index in [1.54, 1.807) is 24.5 Å². The molecule has 1 aliphatic heterocycles. The third kappa shape index (κ3) is 3.96. The molecular formula is C22H22N4O2. The zero-order chi connectivity index (χ0) is 19.3. The molecule has 4 rings (SSSR count). The van der Waals surface area contributed by atoms with Gasteiger partial charge in [0.2, 0.25) is 5.91 Å². The first kappa shape index (κ1) is 18.0. The minimum atomic E-state index is -0.0756. The van der Waals surface area contributed by atoms with Crippen molar-refractivity contribution in [2.45, 2.75) is 12.8 Å². The van der Waals surface area contributed by atoms with Crippen LogP contribution >= 0.6 is 0 Å². The van der Waals surface area contributed by atoms with Crippen LogP contribution in [0.5, 0.6) is 0 Å². The average Bonchev–Trinajstić information content (AvgIpc) is 3.29. The van der Waals surface area contributed by atoms with Gasteiger partial charge in [0, 0.05) is 60.7 Å². The van der Waals surface area contributed by atoms with Crippen LogP contribution in [0.1, 0.15) is 23.2 Å². The maximum Gasteiger partial charge on any atom is 0.253 e. The summed E-state index contributed by atoms with van der Waals surface area (Å²) in [5.74, 6) is -0.0465. The second-order valence-corrected chi connectivity index (χ2v) is 6.93. The number of hydrogen-bond acceptors (Lipinski definition) is 3. The molecule has 0 unspecified atom stereocenters. The topological polar surface area (TPSA) is 67.2 Å². The molecule has 0 spiro atoms. The lowest BCUT2D eigenvalue weighted by atomic mass is 9.95. The zero-order valence-electron chi connectivity index (χ0n) is 15.5. The van der Waals surface area contributed by atoms with E-state index < -0.39 is 0 Å². The molecule has 142 valence electrons. The molecule has 1 saturated heterocycles. The Morgan fingerprint density at radius 2 is 1.57 bits per heavy atom. The van der Waals surface area contributed by atoms with Crippen LogP contribution in [0.4, 0.5) is 5.69 Å². The molecule has 2 aromatic heterocycles. The molecule has 1 fully saturated rings. The summed E-state index contributed by atoms with van der Waals surface area (Å²) in [6, 6.07) is 15.1. The SMILES string of the molecule is O=C(Nc1ccncc1)C1CCN(C(=O)c2ccc(-n3cccc3)cc2)CC1. The average molecular weight is 374 g/mol. The van der Waals surface area contributed by atoms with E-state index >= 15 is 0 Å². The predicted molar refractivity (Wildman–Crippen MR) is 107 cm³/mol. The molecule has 28 heavy (non-hydrogen) atoms. The fraction of sp³-hybridized carbons (Fsp3) is 0.227. The first-order valence-corrected chi connectivity index (χ1v) is 9.44. The van der Waals surface area contributed by atoms with Crippen LogP contribution in [0.2, 0.25) is 0 Å². The van der Waals surface area contributed by atoms with Crippen molar-refractivity contribution in [3.63, 3.8) is 0 Å². The van der Waals surface area contributed by atoms with Gasteiger partial charge in [-0.2, -0.15) is 0 Å². The van der Waals surface area contributed by atoms with E-state index in [0.717, 1.165) is 11.4 Å². The number of benzene rings is 1. The fourth-order valence-electron chi connectivity index (χ4n) is 3.49. The second-order valence-electron chi connectivity index (χ2n) is 6.93. The molecule has 1 N–H and O–H groups in total. The van der Waals surface area contributed by atoms with E-state index in [1.807, 2.05) is 58.3 Å². The van der Waals surface area contributed by atoms with Gasteiger partial charge in [0.25, 0.3) is 5.91 Å². The monoisotopic (exact) mass is 374 g/mol. The number of pyridine rings is 1. The number of likely N-dealkylation sites (tertiary alicyclic amines) is 1. The molecule has 3 aromatic rings. The number of amides is 2. The summed E-state index contributed by atoms with van der Waals surface area (Å²) in [6.45, 7) is 1.18. The Balaban J connectivity index is 1.33. The Morgan fingerprint density at radius 3 is 2.21 bits per heavy atom. The molecule has 0 bridgehead atoms. The van der Waals surface area contributed by atoms with Gasteiger partial charge in [-0.3, -0.25) is 14.6 Å². The standard InChI is InChI=1S/C22H22N4O2/c27-21(24-19-7-11-23-12-8-19)17-9-15-26(16-10-17)22(28)18-3-5-20(6-4-18)25-13-1-2-14-25/h1-8,11-14,17H,9-10,15-16H2,(H,23,24,27). The van der Waals surface area contributed by atoms with Crippen molar-refractivity contribution >= 4 is 17.5 Å². The van der Waals surface area contributed by atoms with Crippen molar-refractivity contribution in [2.75, 3.05) is 18.4 Å². The van der Waals surface area contributed by atoms with Crippen LogP contribution in [-0.2, 0) is 4.79 Å². The lowest BCUT2D eigenvalue weighted by molar-refractivity contribution is -0.121. The number of aromatic nitrogens is 2. The van der Waals surface area contributed by atoms with E-state index in [0.29, 0.717) is 31.5 Å². The van der Waals surface area contributed by atoms with Gasteiger partial charge < -0.3 is 14.8 Å². The summed E-state index contributed by atoms with van der Waals surface area (Å²) in [5.41, 5.74) is 2.45. The largest absolute Gasteiger partial charge is 0.339 e. The van der Waals surface area contributed by atoms with Gasteiger partial charge in [-0.05, 0) is 61.4 Å². The van der Waals surface area contributed by atoms with E-state index in [9.17, 15) is 9.59 Å². The maximum atomic E-state index is 12.8. The number of hydrogen-bond donors (Lipinski definition) is 1. The molecule has 0 saturated carbocycles. The minimum absolute atomic E-state index is 0.00868. The van der Waals surface area contributed by atoms with E-state index in [2.05, 4.69) is 10.3 Å². The second kappa shape index (κ2) is 8.08. The first-order chi connectivity index (χ1) is 13.7. The quantitative estimate of drug-likeness (QED) is 0.761. The highest BCUT2D eigenvalue weighted by molar-refractivity contribution is 5.95. The van der Waals surface area contributed by atoms with Gasteiger partial charge >= 0.3 is 0 Å². The highest BCUT2D eigenvalue weighted by atomic mass is 16.2. The van der Waals surface area contributed by atoms with Crippen LogP contribution in [-0.4, -0.2) is 39.4 Å². The smallest absolute Gasteiger partial charge is 0.253 e. The Hall–Kier alpha value is -3.41. The molecule has 1 aliphatic rings. The normalized spacial score (nSPS) is 14.6. The van der Waals surface area contributed by atoms with Crippen LogP contribution in [0.25, 0.3) is 5.69 Å². The Kier molecular flexibility index (Phi) is 5.19. The highest BCUT2D eigenvalue weighted by Crippen LogP contribution is 2.21. The van der Waals surface area contributed by atoms with Crippen molar-refractivity contribution in [3.8, 4) is 5.69 Å². The summed E-state index contributed by atoms with van der Waals surface area (Å²) in [6.07, 6.45) is 8.59. The number of rotatable bonds is 4. The number of carbonyl (C=O) groups excluding carboxylic acids is 2. The van der Waals surface area contributed by atoms with Gasteiger partial charge in [-0.15, -0.1) is 0 Å². The van der Waals surface area contributed by atoms with Crippen LogP contribution < -0.4 is 5.32 Å². The molecule has 0 aliphatic carbocycles. The summed E-state index contributed by atoms with van der Waals surface area (Å²) >= 11 is 0. The van der Waals surface area contributed by atoms with Crippen LogP contribution in [0.15, 0.2) is 73.3 Å². The molecule has 2 amide bonds. The van der Waals surface area contributed by atoms with Crippen molar-refractivity contribution in [1.82, 2.24) is 14.5 Å². The lowest BCUT2D eigenvalue weighted by Gasteiger charge is -2.31. The van der Waals surface area contributed by atoms with Gasteiger partial charge in [0.1, 0.15) is 0 Å². The molecule has 3 heterocycles.